The number of rotatable bonds is 5. The standard InChI is InChI=1S/C18H20O3/c1-18(2,14-8-6-5-7-9-14)17(19)13-10-15(20-3)12-16(11-13)21-4/h5-12H,1-4H3. The van der Waals surface area contributed by atoms with Gasteiger partial charge >= 0.3 is 0 Å². The maximum Gasteiger partial charge on any atom is 0.173 e. The summed E-state index contributed by atoms with van der Waals surface area (Å²) >= 11 is 0. The first-order valence-corrected chi connectivity index (χ1v) is 6.82. The number of hydrogen-bond acceptors (Lipinski definition) is 3. The summed E-state index contributed by atoms with van der Waals surface area (Å²) in [6.07, 6.45) is 0. The van der Waals surface area contributed by atoms with Gasteiger partial charge in [-0.3, -0.25) is 4.79 Å². The van der Waals surface area contributed by atoms with Gasteiger partial charge in [0.05, 0.1) is 19.6 Å². The van der Waals surface area contributed by atoms with Crippen LogP contribution in [0.5, 0.6) is 11.5 Å². The molecule has 0 aliphatic rings. The van der Waals surface area contributed by atoms with Crippen molar-refractivity contribution in [1.82, 2.24) is 0 Å². The second kappa shape index (κ2) is 6.00. The first kappa shape index (κ1) is 15.1. The summed E-state index contributed by atoms with van der Waals surface area (Å²) in [5.41, 5.74) is 0.954. The number of methoxy groups -OCH3 is 2. The molecule has 21 heavy (non-hydrogen) atoms. The van der Waals surface area contributed by atoms with Crippen molar-refractivity contribution in [3.05, 3.63) is 59.7 Å². The van der Waals surface area contributed by atoms with Crippen LogP contribution in [0.25, 0.3) is 0 Å². The van der Waals surface area contributed by atoms with Crippen LogP contribution in [0.2, 0.25) is 0 Å². The van der Waals surface area contributed by atoms with Crippen molar-refractivity contribution in [3.8, 4) is 11.5 Å². The minimum absolute atomic E-state index is 0.0332. The number of carbonyl (C=O) groups is 1. The lowest BCUT2D eigenvalue weighted by Crippen LogP contribution is -2.29. The molecule has 0 heterocycles. The molecule has 0 amide bonds. The fourth-order valence-electron chi connectivity index (χ4n) is 2.29. The number of hydrogen-bond donors (Lipinski definition) is 0. The highest BCUT2D eigenvalue weighted by molar-refractivity contribution is 6.04. The summed E-state index contributed by atoms with van der Waals surface area (Å²) in [7, 11) is 3.15. The summed E-state index contributed by atoms with van der Waals surface area (Å²) in [5, 5.41) is 0. The molecule has 0 saturated heterocycles. The van der Waals surface area contributed by atoms with Gasteiger partial charge in [-0.15, -0.1) is 0 Å². The van der Waals surface area contributed by atoms with Crippen LogP contribution >= 0.6 is 0 Å². The molecule has 2 aromatic carbocycles. The summed E-state index contributed by atoms with van der Waals surface area (Å²) in [6.45, 7) is 3.85. The minimum atomic E-state index is -0.612. The van der Waals surface area contributed by atoms with E-state index in [4.69, 9.17) is 9.47 Å². The molecule has 0 atom stereocenters. The number of Topliss-reactive ketones (excluding diaryl/α,β-unsaturated/α-hetero) is 1. The fourth-order valence-corrected chi connectivity index (χ4v) is 2.29. The molecule has 110 valence electrons. The average Bonchev–Trinajstić information content (AvgIpc) is 2.54. The van der Waals surface area contributed by atoms with E-state index in [-0.39, 0.29) is 5.78 Å². The van der Waals surface area contributed by atoms with Crippen LogP contribution in [-0.4, -0.2) is 20.0 Å². The molecule has 2 rings (SSSR count). The lowest BCUT2D eigenvalue weighted by atomic mass is 9.78. The molecule has 3 heteroatoms. The van der Waals surface area contributed by atoms with Gasteiger partial charge in [-0.05, 0) is 31.5 Å². The Hall–Kier alpha value is -2.29. The van der Waals surface area contributed by atoms with E-state index in [9.17, 15) is 4.79 Å². The SMILES string of the molecule is COc1cc(OC)cc(C(=O)C(C)(C)c2ccccc2)c1. The van der Waals surface area contributed by atoms with Gasteiger partial charge in [0.25, 0.3) is 0 Å². The Bertz CT molecular complexity index is 608. The molecule has 0 spiro atoms. The molecule has 0 aliphatic carbocycles. The molecule has 0 aromatic heterocycles. The summed E-state index contributed by atoms with van der Waals surface area (Å²) in [5.74, 6) is 1.26. The van der Waals surface area contributed by atoms with Crippen LogP contribution in [0.1, 0.15) is 29.8 Å². The Kier molecular flexibility index (Phi) is 4.32. The number of benzene rings is 2. The molecule has 3 nitrogen and oxygen atoms in total. The third kappa shape index (κ3) is 3.07. The van der Waals surface area contributed by atoms with E-state index >= 15 is 0 Å². The third-order valence-corrected chi connectivity index (χ3v) is 3.68. The van der Waals surface area contributed by atoms with Crippen LogP contribution < -0.4 is 9.47 Å². The summed E-state index contributed by atoms with van der Waals surface area (Å²) < 4.78 is 10.5. The first-order valence-electron chi connectivity index (χ1n) is 6.82. The normalized spacial score (nSPS) is 11.0. The average molecular weight is 284 g/mol. The highest BCUT2D eigenvalue weighted by Gasteiger charge is 2.31. The topological polar surface area (TPSA) is 35.5 Å². The predicted molar refractivity (Wildman–Crippen MR) is 83.3 cm³/mol. The molecule has 0 unspecified atom stereocenters. The first-order chi connectivity index (χ1) is 9.98. The number of carbonyl (C=O) groups excluding carboxylic acids is 1. The van der Waals surface area contributed by atoms with E-state index in [1.165, 1.54) is 0 Å². The summed E-state index contributed by atoms with van der Waals surface area (Å²) in [4.78, 5) is 12.9. The van der Waals surface area contributed by atoms with Gasteiger partial charge in [0.2, 0.25) is 0 Å². The Morgan fingerprint density at radius 1 is 0.905 bits per heavy atom. The minimum Gasteiger partial charge on any atom is -0.497 e. The second-order valence-corrected chi connectivity index (χ2v) is 5.42. The lowest BCUT2D eigenvalue weighted by Gasteiger charge is -2.24. The van der Waals surface area contributed by atoms with E-state index in [1.807, 2.05) is 44.2 Å². The molecule has 0 radical (unpaired) electrons. The second-order valence-electron chi connectivity index (χ2n) is 5.42. The lowest BCUT2D eigenvalue weighted by molar-refractivity contribution is 0.0908. The molecule has 2 aromatic rings. The zero-order chi connectivity index (χ0) is 15.5. The molecule has 0 aliphatic heterocycles. The monoisotopic (exact) mass is 284 g/mol. The van der Waals surface area contributed by atoms with Crippen molar-refractivity contribution in [1.29, 1.82) is 0 Å². The van der Waals surface area contributed by atoms with Gasteiger partial charge < -0.3 is 9.47 Å². The van der Waals surface area contributed by atoms with Gasteiger partial charge in [-0.1, -0.05) is 30.3 Å². The smallest absolute Gasteiger partial charge is 0.173 e. The van der Waals surface area contributed by atoms with E-state index in [0.29, 0.717) is 17.1 Å². The maximum absolute atomic E-state index is 12.9. The molecule has 0 bridgehead atoms. The van der Waals surface area contributed by atoms with E-state index in [1.54, 1.807) is 32.4 Å². The predicted octanol–water partition coefficient (Wildman–Crippen LogP) is 3.86. The third-order valence-electron chi connectivity index (χ3n) is 3.68. The van der Waals surface area contributed by atoms with Crippen LogP contribution in [0.3, 0.4) is 0 Å². The Morgan fingerprint density at radius 2 is 1.43 bits per heavy atom. The quantitative estimate of drug-likeness (QED) is 0.782. The highest BCUT2D eigenvalue weighted by Crippen LogP contribution is 2.31. The molecule has 0 fully saturated rings. The van der Waals surface area contributed by atoms with Crippen molar-refractivity contribution in [3.63, 3.8) is 0 Å². The van der Waals surface area contributed by atoms with Gasteiger partial charge in [-0.25, -0.2) is 0 Å². The van der Waals surface area contributed by atoms with Crippen LogP contribution in [-0.2, 0) is 5.41 Å². The number of ketones is 1. The van der Waals surface area contributed by atoms with Crippen LogP contribution in [0, 0.1) is 0 Å². The van der Waals surface area contributed by atoms with E-state index in [2.05, 4.69) is 0 Å². The van der Waals surface area contributed by atoms with Crippen molar-refractivity contribution in [2.75, 3.05) is 14.2 Å². The molecule has 0 N–H and O–H groups in total. The number of ether oxygens (including phenoxy) is 2. The molecular weight excluding hydrogens is 264 g/mol. The molecular formula is C18H20O3. The maximum atomic E-state index is 12.9. The Balaban J connectivity index is 2.44. The van der Waals surface area contributed by atoms with Crippen molar-refractivity contribution in [2.45, 2.75) is 19.3 Å². The van der Waals surface area contributed by atoms with Gasteiger partial charge in [0, 0.05) is 11.6 Å². The van der Waals surface area contributed by atoms with Crippen LogP contribution in [0.4, 0.5) is 0 Å². The zero-order valence-electron chi connectivity index (χ0n) is 12.8. The largest absolute Gasteiger partial charge is 0.497 e. The van der Waals surface area contributed by atoms with Gasteiger partial charge in [0.15, 0.2) is 5.78 Å². The highest BCUT2D eigenvalue weighted by atomic mass is 16.5. The zero-order valence-corrected chi connectivity index (χ0v) is 12.8. The van der Waals surface area contributed by atoms with Crippen LogP contribution in [0.15, 0.2) is 48.5 Å². The van der Waals surface area contributed by atoms with Gasteiger partial charge in [-0.2, -0.15) is 0 Å². The van der Waals surface area contributed by atoms with E-state index < -0.39 is 5.41 Å². The van der Waals surface area contributed by atoms with Crippen molar-refractivity contribution in [2.24, 2.45) is 0 Å². The van der Waals surface area contributed by atoms with Crippen molar-refractivity contribution >= 4 is 5.78 Å². The van der Waals surface area contributed by atoms with E-state index in [0.717, 1.165) is 5.56 Å². The summed E-state index contributed by atoms with van der Waals surface area (Å²) in [6, 6.07) is 15.0. The van der Waals surface area contributed by atoms with Gasteiger partial charge in [0.1, 0.15) is 11.5 Å². The Labute approximate surface area is 125 Å². The molecule has 0 saturated carbocycles. The fraction of sp³-hybridized carbons (Fsp3) is 0.278. The Morgan fingerprint density at radius 3 is 1.90 bits per heavy atom. The van der Waals surface area contributed by atoms with Crippen molar-refractivity contribution < 1.29 is 14.3 Å².